The summed E-state index contributed by atoms with van der Waals surface area (Å²) in [5.41, 5.74) is 0. The molecule has 1 aliphatic heterocycles. The SMILES string of the molecule is CCCCCCCCCCCCCCCCCCCCCCCC/C=C/C(O)C(COC1OC(CO)C(O)C(O)C1O)NC(=O)CCCCCCCCCCCCCCCCCCCCCCC. The summed E-state index contributed by atoms with van der Waals surface area (Å²) in [4.78, 5) is 13.1. The van der Waals surface area contributed by atoms with E-state index in [1.54, 1.807) is 6.08 Å². The van der Waals surface area contributed by atoms with Crippen LogP contribution in [-0.4, -0.2) is 87.5 Å². The van der Waals surface area contributed by atoms with E-state index in [1.165, 1.54) is 244 Å². The first kappa shape index (κ1) is 64.9. The third kappa shape index (κ3) is 38.6. The number of amides is 1. The maximum atomic E-state index is 13.1. The van der Waals surface area contributed by atoms with Crippen molar-refractivity contribution in [1.82, 2.24) is 5.32 Å². The molecule has 0 radical (unpaired) electrons. The number of aliphatic hydroxyl groups excluding tert-OH is 5. The van der Waals surface area contributed by atoms with Crippen LogP contribution in [0.5, 0.6) is 0 Å². The molecule has 0 aromatic rings. The fourth-order valence-electron chi connectivity index (χ4n) is 9.87. The minimum atomic E-state index is -1.56. The highest BCUT2D eigenvalue weighted by Gasteiger charge is 2.44. The standard InChI is InChI=1S/C59H115NO8/c1-3-5-7-9-11-13-15-17-19-21-23-25-26-27-29-30-32-34-36-38-40-42-44-46-48-53(62)52(51-67-59-58(66)57(65)56(64)54(50-61)68-59)60-55(63)49-47-45-43-41-39-37-35-33-31-28-24-22-20-18-16-14-12-10-8-6-4-2/h46,48,52-54,56-59,61-62,64-66H,3-45,47,49-51H2,1-2H3,(H,60,63)/b48-46+. The Morgan fingerprint density at radius 2 is 0.809 bits per heavy atom. The van der Waals surface area contributed by atoms with Gasteiger partial charge in [0, 0.05) is 6.42 Å². The van der Waals surface area contributed by atoms with Crippen molar-refractivity contribution in [3.05, 3.63) is 12.2 Å². The van der Waals surface area contributed by atoms with Gasteiger partial charge in [0.15, 0.2) is 6.29 Å². The Balaban J connectivity index is 2.20. The van der Waals surface area contributed by atoms with Crippen molar-refractivity contribution in [2.45, 2.75) is 346 Å². The van der Waals surface area contributed by atoms with Gasteiger partial charge < -0.3 is 40.3 Å². The van der Waals surface area contributed by atoms with Crippen molar-refractivity contribution in [2.75, 3.05) is 13.2 Å². The van der Waals surface area contributed by atoms with Gasteiger partial charge in [0.1, 0.15) is 24.4 Å². The van der Waals surface area contributed by atoms with Gasteiger partial charge in [-0.25, -0.2) is 0 Å². The van der Waals surface area contributed by atoms with E-state index in [0.29, 0.717) is 6.42 Å². The molecule has 404 valence electrons. The fourth-order valence-corrected chi connectivity index (χ4v) is 9.87. The van der Waals surface area contributed by atoms with E-state index in [-0.39, 0.29) is 12.5 Å². The molecule has 9 heteroatoms. The minimum absolute atomic E-state index is 0.169. The van der Waals surface area contributed by atoms with Crippen LogP contribution in [0, 0.1) is 0 Å². The van der Waals surface area contributed by atoms with Gasteiger partial charge in [-0.1, -0.05) is 289 Å². The molecule has 7 atom stereocenters. The largest absolute Gasteiger partial charge is 0.394 e. The topological polar surface area (TPSA) is 149 Å². The molecule has 1 fully saturated rings. The Bertz CT molecular complexity index is 1080. The predicted octanol–water partition coefficient (Wildman–Crippen LogP) is 14.8. The summed E-state index contributed by atoms with van der Waals surface area (Å²) in [6.45, 7) is 3.83. The fraction of sp³-hybridized carbons (Fsp3) is 0.949. The van der Waals surface area contributed by atoms with Crippen LogP contribution in [0.25, 0.3) is 0 Å². The molecule has 0 spiro atoms. The van der Waals surface area contributed by atoms with Crippen LogP contribution in [0.2, 0.25) is 0 Å². The van der Waals surface area contributed by atoms with Crippen molar-refractivity contribution in [3.63, 3.8) is 0 Å². The Hall–Kier alpha value is -1.07. The van der Waals surface area contributed by atoms with Crippen LogP contribution in [0.1, 0.15) is 303 Å². The Morgan fingerprint density at radius 1 is 0.485 bits per heavy atom. The molecule has 0 aromatic heterocycles. The lowest BCUT2D eigenvalue weighted by molar-refractivity contribution is -0.302. The average molecular weight is 967 g/mol. The molecule has 0 saturated carbocycles. The monoisotopic (exact) mass is 966 g/mol. The predicted molar refractivity (Wildman–Crippen MR) is 286 cm³/mol. The molecule has 68 heavy (non-hydrogen) atoms. The maximum absolute atomic E-state index is 13.1. The van der Waals surface area contributed by atoms with Crippen LogP contribution in [0.15, 0.2) is 12.2 Å². The summed E-state index contributed by atoms with van der Waals surface area (Å²) in [6.07, 6.45) is 54.2. The van der Waals surface area contributed by atoms with E-state index < -0.39 is 49.5 Å². The number of ether oxygens (including phenoxy) is 2. The number of carbonyl (C=O) groups excluding carboxylic acids is 1. The smallest absolute Gasteiger partial charge is 0.220 e. The first-order valence-corrected chi connectivity index (χ1v) is 29.9. The molecular formula is C59H115NO8. The molecule has 1 heterocycles. The molecular weight excluding hydrogens is 851 g/mol. The highest BCUT2D eigenvalue weighted by Crippen LogP contribution is 2.23. The molecule has 1 aliphatic rings. The van der Waals surface area contributed by atoms with E-state index in [2.05, 4.69) is 19.2 Å². The second-order valence-corrected chi connectivity index (χ2v) is 21.2. The summed E-state index contributed by atoms with van der Waals surface area (Å²) < 4.78 is 11.3. The molecule has 7 unspecified atom stereocenters. The zero-order valence-electron chi connectivity index (χ0n) is 44.9. The van der Waals surface area contributed by atoms with Crippen LogP contribution in [0.4, 0.5) is 0 Å². The average Bonchev–Trinajstić information content (AvgIpc) is 3.34. The Labute approximate surface area is 420 Å². The zero-order valence-corrected chi connectivity index (χ0v) is 44.9. The number of hydrogen-bond donors (Lipinski definition) is 6. The Kier molecular flexibility index (Phi) is 47.3. The number of hydrogen-bond acceptors (Lipinski definition) is 8. The van der Waals surface area contributed by atoms with Gasteiger partial charge >= 0.3 is 0 Å². The highest BCUT2D eigenvalue weighted by atomic mass is 16.7. The third-order valence-electron chi connectivity index (χ3n) is 14.6. The van der Waals surface area contributed by atoms with Crippen molar-refractivity contribution in [3.8, 4) is 0 Å². The lowest BCUT2D eigenvalue weighted by Crippen LogP contribution is -2.60. The van der Waals surface area contributed by atoms with Crippen molar-refractivity contribution < 1.29 is 39.8 Å². The van der Waals surface area contributed by atoms with Crippen molar-refractivity contribution in [2.24, 2.45) is 0 Å². The second kappa shape index (κ2) is 49.5. The van der Waals surface area contributed by atoms with E-state index in [9.17, 15) is 30.3 Å². The minimum Gasteiger partial charge on any atom is -0.394 e. The molecule has 6 N–H and O–H groups in total. The lowest BCUT2D eigenvalue weighted by Gasteiger charge is -2.40. The highest BCUT2D eigenvalue weighted by molar-refractivity contribution is 5.76. The maximum Gasteiger partial charge on any atom is 0.220 e. The summed E-state index contributed by atoms with van der Waals surface area (Å²) in [7, 11) is 0. The van der Waals surface area contributed by atoms with E-state index in [1.807, 2.05) is 6.08 Å². The molecule has 1 amide bonds. The van der Waals surface area contributed by atoms with Crippen molar-refractivity contribution >= 4 is 5.91 Å². The number of rotatable bonds is 52. The summed E-state index contributed by atoms with van der Waals surface area (Å²) in [6, 6.07) is -0.800. The first-order valence-electron chi connectivity index (χ1n) is 29.9. The van der Waals surface area contributed by atoms with Crippen LogP contribution in [-0.2, 0) is 14.3 Å². The number of carbonyl (C=O) groups is 1. The number of unbranched alkanes of at least 4 members (excludes halogenated alkanes) is 42. The molecule has 9 nitrogen and oxygen atoms in total. The molecule has 0 aromatic carbocycles. The first-order chi connectivity index (χ1) is 33.3. The normalized spacial score (nSPS) is 19.5. The number of allylic oxidation sites excluding steroid dienone is 1. The summed E-state index contributed by atoms with van der Waals surface area (Å²) in [5, 5.41) is 54.6. The van der Waals surface area contributed by atoms with Gasteiger partial charge in [0.05, 0.1) is 25.4 Å². The molecule has 1 rings (SSSR count). The lowest BCUT2D eigenvalue weighted by atomic mass is 9.99. The van der Waals surface area contributed by atoms with E-state index in [4.69, 9.17) is 9.47 Å². The van der Waals surface area contributed by atoms with E-state index in [0.717, 1.165) is 38.5 Å². The zero-order chi connectivity index (χ0) is 49.4. The van der Waals surface area contributed by atoms with Gasteiger partial charge in [-0.3, -0.25) is 4.79 Å². The van der Waals surface area contributed by atoms with Gasteiger partial charge in [0.25, 0.3) is 0 Å². The van der Waals surface area contributed by atoms with Gasteiger partial charge in [-0.2, -0.15) is 0 Å². The molecule has 0 aliphatic carbocycles. The number of aliphatic hydroxyl groups is 5. The summed E-state index contributed by atoms with van der Waals surface area (Å²) in [5.74, 6) is -0.169. The van der Waals surface area contributed by atoms with Gasteiger partial charge in [-0.05, 0) is 19.3 Å². The van der Waals surface area contributed by atoms with Crippen LogP contribution in [0.3, 0.4) is 0 Å². The molecule has 1 saturated heterocycles. The van der Waals surface area contributed by atoms with Gasteiger partial charge in [-0.15, -0.1) is 0 Å². The van der Waals surface area contributed by atoms with Crippen LogP contribution >= 0.6 is 0 Å². The summed E-state index contributed by atoms with van der Waals surface area (Å²) >= 11 is 0. The second-order valence-electron chi connectivity index (χ2n) is 21.2. The van der Waals surface area contributed by atoms with Crippen molar-refractivity contribution in [1.29, 1.82) is 0 Å². The Morgan fingerprint density at radius 3 is 1.15 bits per heavy atom. The van der Waals surface area contributed by atoms with Gasteiger partial charge in [0.2, 0.25) is 5.91 Å². The third-order valence-corrected chi connectivity index (χ3v) is 14.6. The van der Waals surface area contributed by atoms with Crippen LogP contribution < -0.4 is 5.32 Å². The number of nitrogens with one attached hydrogen (secondary N) is 1. The van der Waals surface area contributed by atoms with E-state index >= 15 is 0 Å². The quantitative estimate of drug-likeness (QED) is 0.0261. The molecule has 0 bridgehead atoms.